The molecule has 1 atom stereocenters. The molecule has 1 unspecified atom stereocenters. The highest BCUT2D eigenvalue weighted by molar-refractivity contribution is 5.12. The fourth-order valence-electron chi connectivity index (χ4n) is 3.49. The van der Waals surface area contributed by atoms with E-state index in [0.29, 0.717) is 12.5 Å². The molecule has 0 amide bonds. The van der Waals surface area contributed by atoms with Crippen LogP contribution in [0.25, 0.3) is 0 Å². The van der Waals surface area contributed by atoms with E-state index >= 15 is 0 Å². The van der Waals surface area contributed by atoms with Gasteiger partial charge in [0.2, 0.25) is 0 Å². The van der Waals surface area contributed by atoms with Crippen LogP contribution in [0.3, 0.4) is 0 Å². The number of allylic oxidation sites excluding steroid dienone is 7. The predicted molar refractivity (Wildman–Crippen MR) is 118 cm³/mol. The highest BCUT2D eigenvalue weighted by Crippen LogP contribution is 2.31. The first-order valence-electron chi connectivity index (χ1n) is 10.9. The summed E-state index contributed by atoms with van der Waals surface area (Å²) in [7, 11) is 0. The van der Waals surface area contributed by atoms with E-state index in [0.717, 1.165) is 44.5 Å². The van der Waals surface area contributed by atoms with Crippen LogP contribution in [0.15, 0.2) is 47.3 Å². The maximum absolute atomic E-state index is 8.78. The summed E-state index contributed by atoms with van der Waals surface area (Å²) in [5, 5.41) is 8.78. The Morgan fingerprint density at radius 2 is 1.93 bits per heavy atom. The van der Waals surface area contributed by atoms with Gasteiger partial charge in [-0.15, -0.1) is 0 Å². The summed E-state index contributed by atoms with van der Waals surface area (Å²) in [6, 6.07) is 0. The summed E-state index contributed by atoms with van der Waals surface area (Å²) in [5.41, 5.74) is 4.54. The number of aliphatic hydroxyl groups is 1. The van der Waals surface area contributed by atoms with Crippen molar-refractivity contribution in [1.29, 1.82) is 0 Å². The lowest BCUT2D eigenvalue weighted by Gasteiger charge is -2.24. The molecule has 0 aromatic heterocycles. The van der Waals surface area contributed by atoms with E-state index in [1.165, 1.54) is 49.7 Å². The molecular weight excluding hydrogens is 332 g/mol. The van der Waals surface area contributed by atoms with Crippen LogP contribution in [-0.4, -0.2) is 18.3 Å². The Morgan fingerprint density at radius 1 is 1.15 bits per heavy atom. The number of aliphatic hydroxyl groups excluding tert-OH is 1. The summed E-state index contributed by atoms with van der Waals surface area (Å²) >= 11 is 0. The van der Waals surface area contributed by atoms with Crippen molar-refractivity contribution in [2.75, 3.05) is 13.2 Å². The van der Waals surface area contributed by atoms with Crippen LogP contribution in [0.4, 0.5) is 0 Å². The minimum absolute atomic E-state index is 0.301. The van der Waals surface area contributed by atoms with E-state index < -0.39 is 0 Å². The molecule has 0 fully saturated rings. The van der Waals surface area contributed by atoms with Crippen LogP contribution in [0, 0.1) is 5.92 Å². The van der Waals surface area contributed by atoms with E-state index in [2.05, 4.69) is 45.6 Å². The van der Waals surface area contributed by atoms with Crippen molar-refractivity contribution in [2.24, 2.45) is 5.92 Å². The quantitative estimate of drug-likeness (QED) is 0.197. The number of hydrogen-bond acceptors (Lipinski definition) is 2. The largest absolute Gasteiger partial charge is 0.498 e. The van der Waals surface area contributed by atoms with Crippen LogP contribution in [-0.2, 0) is 4.74 Å². The van der Waals surface area contributed by atoms with Crippen LogP contribution in [0.2, 0.25) is 0 Å². The molecule has 154 valence electrons. The van der Waals surface area contributed by atoms with Gasteiger partial charge in [0.15, 0.2) is 0 Å². The molecule has 0 bridgehead atoms. The van der Waals surface area contributed by atoms with Gasteiger partial charge >= 0.3 is 0 Å². The number of rotatable bonds is 14. The predicted octanol–water partition coefficient (Wildman–Crippen LogP) is 7.27. The zero-order valence-electron chi connectivity index (χ0n) is 18.1. The summed E-state index contributed by atoms with van der Waals surface area (Å²) in [6.45, 7) is 11.8. The first kappa shape index (κ1) is 23.8. The van der Waals surface area contributed by atoms with Gasteiger partial charge in [-0.3, -0.25) is 0 Å². The van der Waals surface area contributed by atoms with E-state index in [4.69, 9.17) is 9.84 Å². The van der Waals surface area contributed by atoms with Crippen molar-refractivity contribution in [3.8, 4) is 0 Å². The molecule has 0 aliphatic heterocycles. The molecule has 0 heterocycles. The molecular formula is C25H42O2. The standard InChI is InChI=1S/C25H42O2/c1-21(2)11-9-12-22(3)13-10-14-24-15-17-25(18-16-24)23(4)27-20-8-6-5-7-19-26/h11,13,15,25-26H,4-10,12,14,16-20H2,1-3H3/b22-13+. The average molecular weight is 375 g/mol. The molecule has 0 saturated heterocycles. The van der Waals surface area contributed by atoms with Crippen molar-refractivity contribution in [3.05, 3.63) is 47.3 Å². The fourth-order valence-corrected chi connectivity index (χ4v) is 3.49. The Hall–Kier alpha value is -1.28. The van der Waals surface area contributed by atoms with E-state index in [9.17, 15) is 0 Å². The third kappa shape index (κ3) is 11.9. The van der Waals surface area contributed by atoms with Crippen LogP contribution >= 0.6 is 0 Å². The summed E-state index contributed by atoms with van der Waals surface area (Å²) in [4.78, 5) is 0. The van der Waals surface area contributed by atoms with Gasteiger partial charge in [0.05, 0.1) is 12.4 Å². The molecule has 1 rings (SSSR count). The number of ether oxygens (including phenoxy) is 1. The second-order valence-electron chi connectivity index (χ2n) is 8.20. The fraction of sp³-hybridized carbons (Fsp3) is 0.680. The first-order valence-corrected chi connectivity index (χ1v) is 10.9. The van der Waals surface area contributed by atoms with Gasteiger partial charge in [-0.05, 0) is 85.0 Å². The van der Waals surface area contributed by atoms with Gasteiger partial charge in [0, 0.05) is 12.5 Å². The molecule has 0 aromatic rings. The normalized spacial score (nSPS) is 17.4. The van der Waals surface area contributed by atoms with Gasteiger partial charge in [-0.2, -0.15) is 0 Å². The highest BCUT2D eigenvalue weighted by atomic mass is 16.5. The molecule has 0 radical (unpaired) electrons. The van der Waals surface area contributed by atoms with Crippen LogP contribution < -0.4 is 0 Å². The molecule has 2 nitrogen and oxygen atoms in total. The Balaban J connectivity index is 2.19. The zero-order valence-corrected chi connectivity index (χ0v) is 18.1. The number of unbranched alkanes of at least 4 members (excludes halogenated alkanes) is 3. The maximum atomic E-state index is 8.78. The van der Waals surface area contributed by atoms with Crippen molar-refractivity contribution in [3.63, 3.8) is 0 Å². The Kier molecular flexibility index (Phi) is 13.0. The SMILES string of the molecule is C=C(OCCCCCCO)C1CC=C(CC/C=C(\C)CCC=C(C)C)CC1. The number of hydrogen-bond donors (Lipinski definition) is 1. The summed E-state index contributed by atoms with van der Waals surface area (Å²) < 4.78 is 5.86. The second-order valence-corrected chi connectivity index (χ2v) is 8.20. The monoisotopic (exact) mass is 374 g/mol. The molecule has 1 aliphatic rings. The molecule has 1 N–H and O–H groups in total. The third-order valence-electron chi connectivity index (χ3n) is 5.35. The van der Waals surface area contributed by atoms with Gasteiger partial charge < -0.3 is 9.84 Å². The molecule has 0 spiro atoms. The molecule has 0 aromatic carbocycles. The van der Waals surface area contributed by atoms with E-state index in [1.54, 1.807) is 5.57 Å². The second kappa shape index (κ2) is 14.7. The molecule has 27 heavy (non-hydrogen) atoms. The average Bonchev–Trinajstić information content (AvgIpc) is 2.64. The third-order valence-corrected chi connectivity index (χ3v) is 5.35. The van der Waals surface area contributed by atoms with Crippen LogP contribution in [0.5, 0.6) is 0 Å². The highest BCUT2D eigenvalue weighted by Gasteiger charge is 2.18. The minimum Gasteiger partial charge on any atom is -0.498 e. The van der Waals surface area contributed by atoms with Crippen molar-refractivity contribution in [2.45, 2.75) is 91.4 Å². The lowest BCUT2D eigenvalue weighted by Crippen LogP contribution is -2.11. The molecule has 0 saturated carbocycles. The van der Waals surface area contributed by atoms with Crippen molar-refractivity contribution < 1.29 is 9.84 Å². The van der Waals surface area contributed by atoms with Gasteiger partial charge in [0.25, 0.3) is 0 Å². The molecule has 1 aliphatic carbocycles. The lowest BCUT2D eigenvalue weighted by molar-refractivity contribution is 0.167. The Bertz CT molecular complexity index is 506. The van der Waals surface area contributed by atoms with Gasteiger partial charge in [-0.1, -0.05) is 47.9 Å². The summed E-state index contributed by atoms with van der Waals surface area (Å²) in [5.74, 6) is 1.47. The van der Waals surface area contributed by atoms with Crippen molar-refractivity contribution >= 4 is 0 Å². The van der Waals surface area contributed by atoms with E-state index in [-0.39, 0.29) is 0 Å². The maximum Gasteiger partial charge on any atom is 0.0922 e. The first-order chi connectivity index (χ1) is 13.0. The van der Waals surface area contributed by atoms with Gasteiger partial charge in [-0.25, -0.2) is 0 Å². The van der Waals surface area contributed by atoms with Gasteiger partial charge in [0.1, 0.15) is 0 Å². The Labute approximate surface area is 168 Å². The van der Waals surface area contributed by atoms with Crippen LogP contribution in [0.1, 0.15) is 91.4 Å². The summed E-state index contributed by atoms with van der Waals surface area (Å²) in [6.07, 6.45) is 19.5. The zero-order chi connectivity index (χ0) is 19.9. The Morgan fingerprint density at radius 3 is 2.59 bits per heavy atom. The lowest BCUT2D eigenvalue weighted by atomic mass is 9.87. The molecule has 2 heteroatoms. The van der Waals surface area contributed by atoms with Crippen molar-refractivity contribution in [1.82, 2.24) is 0 Å². The van der Waals surface area contributed by atoms with E-state index in [1.807, 2.05) is 0 Å². The topological polar surface area (TPSA) is 29.5 Å². The minimum atomic E-state index is 0.301. The smallest absolute Gasteiger partial charge is 0.0922 e.